The van der Waals surface area contributed by atoms with Gasteiger partial charge in [-0.15, -0.1) is 21.5 Å². The number of hydrogen-bond donors (Lipinski definition) is 2. The van der Waals surface area contributed by atoms with Gasteiger partial charge in [-0.05, 0) is 37.1 Å². The van der Waals surface area contributed by atoms with E-state index in [0.29, 0.717) is 18.6 Å². The lowest BCUT2D eigenvalue weighted by molar-refractivity contribution is -0.202. The molecule has 2 heterocycles. The lowest BCUT2D eigenvalue weighted by atomic mass is 9.83. The summed E-state index contributed by atoms with van der Waals surface area (Å²) < 4.78 is 102. The van der Waals surface area contributed by atoms with Crippen LogP contribution in [0.5, 0.6) is 5.75 Å². The number of rotatable bonds is 12. The van der Waals surface area contributed by atoms with Gasteiger partial charge < -0.3 is 10.1 Å². The number of halogens is 7. The van der Waals surface area contributed by atoms with Crippen molar-refractivity contribution in [2.45, 2.75) is 56.9 Å². The molecule has 2 aromatic heterocycles. The maximum absolute atomic E-state index is 15.3. The van der Waals surface area contributed by atoms with Crippen molar-refractivity contribution in [2.24, 2.45) is 0 Å². The molecule has 0 spiro atoms. The highest BCUT2D eigenvalue weighted by atomic mass is 32.1. The minimum absolute atomic E-state index is 0.0158. The minimum Gasteiger partial charge on any atom is -0.493 e. The quantitative estimate of drug-likeness (QED) is 0.176. The van der Waals surface area contributed by atoms with Crippen molar-refractivity contribution in [3.8, 4) is 5.75 Å². The maximum Gasteiger partial charge on any atom is 0.416 e. The molecule has 0 aliphatic rings. The predicted molar refractivity (Wildman–Crippen MR) is 124 cm³/mol. The minimum atomic E-state index is -5.38. The van der Waals surface area contributed by atoms with Crippen molar-refractivity contribution >= 4 is 23.0 Å². The molecular formula is C23H22F7N5O3S. The lowest BCUT2D eigenvalue weighted by Gasteiger charge is -2.36. The molecule has 1 atom stereocenters. The first kappa shape index (κ1) is 30.0. The fraction of sp³-hybridized carbons (Fsp3) is 0.435. The highest BCUT2D eigenvalue weighted by molar-refractivity contribution is 7.14. The maximum atomic E-state index is 15.3. The van der Waals surface area contributed by atoms with E-state index in [4.69, 9.17) is 4.74 Å². The smallest absolute Gasteiger partial charge is 0.416 e. The summed E-state index contributed by atoms with van der Waals surface area (Å²) in [5.74, 6) is -4.33. The summed E-state index contributed by atoms with van der Waals surface area (Å²) >= 11 is 0.974. The highest BCUT2D eigenvalue weighted by Crippen LogP contribution is 2.44. The number of hydrogen-bond acceptors (Lipinski definition) is 7. The number of nitrogens with zero attached hydrogens (tertiary/aromatic N) is 3. The van der Waals surface area contributed by atoms with Crippen molar-refractivity contribution in [1.29, 1.82) is 0 Å². The van der Waals surface area contributed by atoms with Gasteiger partial charge in [-0.25, -0.2) is 4.39 Å². The van der Waals surface area contributed by atoms with Gasteiger partial charge in [-0.2, -0.15) is 31.6 Å². The van der Waals surface area contributed by atoms with Crippen LogP contribution >= 0.6 is 11.3 Å². The van der Waals surface area contributed by atoms with Gasteiger partial charge in [0.15, 0.2) is 17.1 Å². The molecule has 212 valence electrons. The van der Waals surface area contributed by atoms with Crippen LogP contribution in [0.25, 0.3) is 0 Å². The second-order valence-corrected chi connectivity index (χ2v) is 9.55. The number of aryl methyl sites for hydroxylation is 1. The largest absolute Gasteiger partial charge is 0.493 e. The summed E-state index contributed by atoms with van der Waals surface area (Å²) in [5.41, 5.74) is -4.60. The summed E-state index contributed by atoms with van der Waals surface area (Å²) in [4.78, 5) is 26.4. The van der Waals surface area contributed by atoms with E-state index in [9.17, 15) is 35.9 Å². The molecule has 0 aliphatic carbocycles. The Kier molecular flexibility index (Phi) is 9.30. The van der Waals surface area contributed by atoms with E-state index in [1.165, 1.54) is 6.07 Å². The molecule has 0 aliphatic heterocycles. The van der Waals surface area contributed by atoms with Crippen LogP contribution in [-0.2, 0) is 23.2 Å². The SMILES string of the molecule is CCc1ccc(C(=O)CC(NC(=O)Cc2nn[nH]n2)(c2ccc(OCCCC(F)(F)F)cc2F)C(F)(F)F)s1. The zero-order valence-electron chi connectivity index (χ0n) is 20.2. The number of aromatic amines is 1. The van der Waals surface area contributed by atoms with Gasteiger partial charge >= 0.3 is 12.4 Å². The molecule has 0 saturated heterocycles. The van der Waals surface area contributed by atoms with E-state index in [2.05, 4.69) is 20.6 Å². The average Bonchev–Trinajstić information content (AvgIpc) is 3.52. The van der Waals surface area contributed by atoms with Gasteiger partial charge in [0, 0.05) is 29.3 Å². The molecule has 3 rings (SSSR count). The second-order valence-electron chi connectivity index (χ2n) is 8.38. The molecule has 39 heavy (non-hydrogen) atoms. The van der Waals surface area contributed by atoms with Gasteiger partial charge in [0.1, 0.15) is 11.6 Å². The molecule has 0 saturated carbocycles. The fourth-order valence-electron chi connectivity index (χ4n) is 3.65. The topological polar surface area (TPSA) is 110 Å². The first-order valence-electron chi connectivity index (χ1n) is 11.5. The van der Waals surface area contributed by atoms with Crippen molar-refractivity contribution < 1.29 is 45.1 Å². The molecule has 0 fully saturated rings. The predicted octanol–water partition coefficient (Wildman–Crippen LogP) is 5.07. The van der Waals surface area contributed by atoms with Gasteiger partial charge in [0.2, 0.25) is 5.91 Å². The summed E-state index contributed by atoms with van der Waals surface area (Å²) in [6.07, 6.45) is -13.0. The van der Waals surface area contributed by atoms with E-state index in [-0.39, 0.29) is 16.5 Å². The lowest BCUT2D eigenvalue weighted by Crippen LogP contribution is -2.58. The Morgan fingerprint density at radius 2 is 1.85 bits per heavy atom. The molecule has 3 aromatic rings. The number of aromatic nitrogens is 4. The number of ketones is 1. The molecule has 0 bridgehead atoms. The molecule has 8 nitrogen and oxygen atoms in total. The Morgan fingerprint density at radius 1 is 1.10 bits per heavy atom. The number of Topliss-reactive ketones (excluding diaryl/α,β-unsaturated/α-hetero) is 1. The van der Waals surface area contributed by atoms with Crippen molar-refractivity contribution in [1.82, 2.24) is 25.9 Å². The van der Waals surface area contributed by atoms with Crippen LogP contribution in [0, 0.1) is 5.82 Å². The Balaban J connectivity index is 1.97. The second kappa shape index (κ2) is 12.1. The molecule has 0 radical (unpaired) electrons. The number of benzene rings is 1. The Labute approximate surface area is 220 Å². The summed E-state index contributed by atoms with van der Waals surface area (Å²) in [7, 11) is 0. The Morgan fingerprint density at radius 3 is 2.41 bits per heavy atom. The van der Waals surface area contributed by atoms with Gasteiger partial charge in [0.05, 0.1) is 17.9 Å². The zero-order chi connectivity index (χ0) is 28.8. The van der Waals surface area contributed by atoms with E-state index < -0.39 is 73.3 Å². The molecule has 1 unspecified atom stereocenters. The van der Waals surface area contributed by atoms with Crippen LogP contribution in [0.3, 0.4) is 0 Å². The monoisotopic (exact) mass is 581 g/mol. The number of carbonyl (C=O) groups excluding carboxylic acids is 2. The third kappa shape index (κ3) is 7.74. The zero-order valence-corrected chi connectivity index (χ0v) is 21.1. The van der Waals surface area contributed by atoms with Gasteiger partial charge in [0.25, 0.3) is 0 Å². The van der Waals surface area contributed by atoms with E-state index in [1.807, 2.05) is 0 Å². The molecule has 1 aromatic carbocycles. The summed E-state index contributed by atoms with van der Waals surface area (Å²) in [5, 5.41) is 14.0. The van der Waals surface area contributed by atoms with Crippen molar-refractivity contribution in [3.05, 3.63) is 57.3 Å². The summed E-state index contributed by atoms with van der Waals surface area (Å²) in [6, 6.07) is 5.08. The molecule has 2 N–H and O–H groups in total. The van der Waals surface area contributed by atoms with E-state index >= 15 is 4.39 Å². The van der Waals surface area contributed by atoms with Crippen LogP contribution in [0.4, 0.5) is 30.7 Å². The van der Waals surface area contributed by atoms with E-state index in [1.54, 1.807) is 18.3 Å². The highest BCUT2D eigenvalue weighted by Gasteiger charge is 2.59. The number of tetrazole rings is 1. The van der Waals surface area contributed by atoms with Gasteiger partial charge in [-0.3, -0.25) is 9.59 Å². The van der Waals surface area contributed by atoms with Crippen molar-refractivity contribution in [3.63, 3.8) is 0 Å². The summed E-state index contributed by atoms with van der Waals surface area (Å²) in [6.45, 7) is 1.32. The van der Waals surface area contributed by atoms with Crippen LogP contribution in [0.15, 0.2) is 30.3 Å². The number of alkyl halides is 6. The number of thiophene rings is 1. The number of carbonyl (C=O) groups is 2. The molecule has 1 amide bonds. The van der Waals surface area contributed by atoms with Gasteiger partial charge in [-0.1, -0.05) is 12.1 Å². The number of nitrogens with one attached hydrogen (secondary N) is 2. The van der Waals surface area contributed by atoms with Crippen LogP contribution in [0.2, 0.25) is 0 Å². The standard InChI is InChI=1S/C23H22F7N5O3S/c1-2-14-5-7-18(39-14)17(36)12-21(23(28,29)30,31-20(37)11-19-32-34-35-33-19)15-6-4-13(10-16(15)24)38-9-3-8-22(25,26)27/h4-7,10H,2-3,8-9,11-12H2,1H3,(H,31,37)(H,32,33,34,35). The normalized spacial score (nSPS) is 13.6. The molecule has 16 heteroatoms. The number of H-pyrrole nitrogens is 1. The van der Waals surface area contributed by atoms with Crippen LogP contribution in [0.1, 0.15) is 52.1 Å². The Bertz CT molecular complexity index is 1280. The first-order chi connectivity index (χ1) is 18.2. The average molecular weight is 582 g/mol. The third-order valence-corrected chi connectivity index (χ3v) is 6.80. The van der Waals surface area contributed by atoms with Crippen LogP contribution in [-0.4, -0.2) is 51.3 Å². The first-order valence-corrected chi connectivity index (χ1v) is 12.3. The Hall–Kier alpha value is -3.56. The van der Waals surface area contributed by atoms with E-state index in [0.717, 1.165) is 22.3 Å². The fourth-order valence-corrected chi connectivity index (χ4v) is 4.54. The van der Waals surface area contributed by atoms with Crippen LogP contribution < -0.4 is 10.1 Å². The number of amides is 1. The number of ether oxygens (including phenoxy) is 1. The molecular weight excluding hydrogens is 559 g/mol. The third-order valence-electron chi connectivity index (χ3n) is 5.53. The van der Waals surface area contributed by atoms with Crippen molar-refractivity contribution in [2.75, 3.05) is 6.61 Å².